The number of hydrogen-bond donors (Lipinski definition) is 3. The Morgan fingerprint density at radius 3 is 1.62 bits per heavy atom. The monoisotopic (exact) mass is 636 g/mol. The highest BCUT2D eigenvalue weighted by Gasteiger charge is 2.14. The second-order valence-corrected chi connectivity index (χ2v) is 9.51. The van der Waals surface area contributed by atoms with Crippen molar-refractivity contribution in [3.8, 4) is 5.75 Å². The van der Waals surface area contributed by atoms with Crippen LogP contribution in [-0.2, 0) is 33.3 Å². The van der Waals surface area contributed by atoms with Crippen LogP contribution in [0.4, 0.5) is 0 Å². The second kappa shape index (κ2) is 25.3. The van der Waals surface area contributed by atoms with Crippen molar-refractivity contribution in [3.63, 3.8) is 0 Å². The van der Waals surface area contributed by atoms with E-state index >= 15 is 0 Å². The van der Waals surface area contributed by atoms with Crippen molar-refractivity contribution in [1.82, 2.24) is 16.0 Å². The van der Waals surface area contributed by atoms with Gasteiger partial charge in [-0.15, -0.1) is 0 Å². The lowest BCUT2D eigenvalue weighted by atomic mass is 10.1. The molecule has 16 nitrogen and oxygen atoms in total. The zero-order chi connectivity index (χ0) is 33.1. The van der Waals surface area contributed by atoms with Crippen molar-refractivity contribution in [3.05, 3.63) is 39.8 Å². The summed E-state index contributed by atoms with van der Waals surface area (Å²) in [5.41, 5.74) is 8.47. The lowest BCUT2D eigenvalue weighted by molar-refractivity contribution is -0.122. The van der Waals surface area contributed by atoms with Crippen LogP contribution < -0.4 is 20.7 Å². The lowest BCUT2D eigenvalue weighted by Crippen LogP contribution is -2.29. The van der Waals surface area contributed by atoms with E-state index in [0.717, 1.165) is 0 Å². The predicted octanol–water partition coefficient (Wildman–Crippen LogP) is 1.37. The second-order valence-electron chi connectivity index (χ2n) is 9.51. The maximum Gasteiger partial charge on any atom is 0.251 e. The molecule has 0 spiro atoms. The van der Waals surface area contributed by atoms with Gasteiger partial charge in [0.2, 0.25) is 5.91 Å². The number of ketones is 2. The fourth-order valence-corrected chi connectivity index (χ4v) is 3.38. The number of nitrogens with zero attached hydrogens (tertiary/aromatic N) is 3. The van der Waals surface area contributed by atoms with Crippen LogP contribution in [0.3, 0.4) is 0 Å². The largest absolute Gasteiger partial charge is 0.492 e. The molecular formula is C29H44N6O10. The summed E-state index contributed by atoms with van der Waals surface area (Å²) < 4.78 is 27.0. The van der Waals surface area contributed by atoms with Gasteiger partial charge < -0.3 is 39.6 Å². The minimum atomic E-state index is -0.478. The van der Waals surface area contributed by atoms with Gasteiger partial charge in [-0.25, -0.2) is 0 Å². The molecule has 0 unspecified atom stereocenters. The third-order valence-electron chi connectivity index (χ3n) is 5.64. The molecule has 250 valence electrons. The Labute approximate surface area is 262 Å². The Morgan fingerprint density at radius 2 is 1.13 bits per heavy atom. The van der Waals surface area contributed by atoms with Gasteiger partial charge in [-0.05, 0) is 37.6 Å². The molecule has 0 bridgehead atoms. The molecule has 0 aliphatic carbocycles. The summed E-state index contributed by atoms with van der Waals surface area (Å²) >= 11 is 0. The van der Waals surface area contributed by atoms with Crippen LogP contribution >= 0.6 is 0 Å². The third-order valence-corrected chi connectivity index (χ3v) is 5.64. The number of ether oxygens (including phenoxy) is 5. The average Bonchev–Trinajstić information content (AvgIpc) is 3.00. The maximum atomic E-state index is 12.6. The number of rotatable bonds is 27. The molecule has 0 aromatic heterocycles. The molecule has 0 heterocycles. The van der Waals surface area contributed by atoms with Crippen molar-refractivity contribution in [2.45, 2.75) is 33.1 Å². The Bertz CT molecular complexity index is 1080. The van der Waals surface area contributed by atoms with Crippen LogP contribution in [0, 0.1) is 0 Å². The number of azide groups is 1. The van der Waals surface area contributed by atoms with Crippen molar-refractivity contribution in [2.24, 2.45) is 5.11 Å². The third kappa shape index (κ3) is 21.3. The first-order valence-corrected chi connectivity index (χ1v) is 14.6. The van der Waals surface area contributed by atoms with Gasteiger partial charge in [0.25, 0.3) is 11.8 Å². The molecule has 3 N–H and O–H groups in total. The molecule has 1 aromatic rings. The summed E-state index contributed by atoms with van der Waals surface area (Å²) in [6.45, 7) is 6.51. The van der Waals surface area contributed by atoms with Crippen LogP contribution in [-0.4, -0.2) is 115 Å². The van der Waals surface area contributed by atoms with Crippen molar-refractivity contribution < 1.29 is 47.7 Å². The summed E-state index contributed by atoms with van der Waals surface area (Å²) in [5.74, 6) is -1.10. The molecule has 0 fully saturated rings. The van der Waals surface area contributed by atoms with E-state index in [0.29, 0.717) is 46.2 Å². The zero-order valence-electron chi connectivity index (χ0n) is 26.0. The molecule has 0 saturated heterocycles. The molecular weight excluding hydrogens is 592 g/mol. The molecule has 1 aromatic carbocycles. The maximum absolute atomic E-state index is 12.6. The number of amides is 3. The normalized spacial score (nSPS) is 10.4. The molecule has 16 heteroatoms. The smallest absolute Gasteiger partial charge is 0.251 e. The van der Waals surface area contributed by atoms with Gasteiger partial charge in [0, 0.05) is 54.9 Å². The van der Waals surface area contributed by atoms with E-state index in [9.17, 15) is 24.0 Å². The molecule has 45 heavy (non-hydrogen) atoms. The van der Waals surface area contributed by atoms with Gasteiger partial charge in [0.1, 0.15) is 23.9 Å². The van der Waals surface area contributed by atoms with Gasteiger partial charge in [-0.1, -0.05) is 5.11 Å². The summed E-state index contributed by atoms with van der Waals surface area (Å²) in [4.78, 5) is 62.3. The molecule has 0 saturated carbocycles. The highest BCUT2D eigenvalue weighted by molar-refractivity contribution is 6.00. The topological polar surface area (TPSA) is 216 Å². The first-order chi connectivity index (χ1) is 21.7. The molecule has 0 atom stereocenters. The Balaban J connectivity index is 2.32. The van der Waals surface area contributed by atoms with Crippen LogP contribution in [0.2, 0.25) is 0 Å². The van der Waals surface area contributed by atoms with E-state index in [4.69, 9.17) is 29.2 Å². The van der Waals surface area contributed by atoms with Gasteiger partial charge in [-0.2, -0.15) is 0 Å². The number of benzene rings is 1. The van der Waals surface area contributed by atoms with Crippen molar-refractivity contribution in [2.75, 3.05) is 85.6 Å². The van der Waals surface area contributed by atoms with Crippen molar-refractivity contribution >= 4 is 29.3 Å². The van der Waals surface area contributed by atoms with Gasteiger partial charge in [0.05, 0.1) is 59.4 Å². The first-order valence-electron chi connectivity index (χ1n) is 14.6. The summed E-state index contributed by atoms with van der Waals surface area (Å²) in [5, 5.41) is 11.3. The van der Waals surface area contributed by atoms with E-state index in [1.165, 1.54) is 32.0 Å². The van der Waals surface area contributed by atoms with Crippen LogP contribution in [0.1, 0.15) is 53.8 Å². The van der Waals surface area contributed by atoms with E-state index < -0.39 is 11.8 Å². The Kier molecular flexibility index (Phi) is 21.9. The minimum absolute atomic E-state index is 0.0709. The average molecular weight is 637 g/mol. The summed E-state index contributed by atoms with van der Waals surface area (Å²) in [7, 11) is 0. The van der Waals surface area contributed by atoms with E-state index in [1.807, 2.05) is 0 Å². The van der Waals surface area contributed by atoms with E-state index in [1.54, 1.807) is 0 Å². The van der Waals surface area contributed by atoms with Gasteiger partial charge >= 0.3 is 0 Å². The Hall–Kier alpha value is -4.08. The number of carbonyl (C=O) groups excluding carboxylic acids is 5. The number of Topliss-reactive ketones (excluding diaryl/α,β-unsaturated/α-hetero) is 2. The predicted molar refractivity (Wildman–Crippen MR) is 162 cm³/mol. The fourth-order valence-electron chi connectivity index (χ4n) is 3.38. The molecule has 0 aliphatic rings. The van der Waals surface area contributed by atoms with Crippen LogP contribution in [0.15, 0.2) is 23.3 Å². The molecule has 1 rings (SSSR count). The SMILES string of the molecule is CC(=O)CCNC(=O)c1cc(OCCNC(=O)CCOCCOCCOCCOCCN=[N+]=[N-])cc(C(=O)NCCC(C)=O)c1. The minimum Gasteiger partial charge on any atom is -0.492 e. The molecule has 3 amide bonds. The molecule has 0 aliphatic heterocycles. The van der Waals surface area contributed by atoms with Gasteiger partial charge in [-0.3, -0.25) is 24.0 Å². The van der Waals surface area contributed by atoms with E-state index in [-0.39, 0.29) is 93.0 Å². The van der Waals surface area contributed by atoms with Crippen molar-refractivity contribution in [1.29, 1.82) is 0 Å². The Morgan fingerprint density at radius 1 is 0.644 bits per heavy atom. The zero-order valence-corrected chi connectivity index (χ0v) is 26.0. The number of nitrogens with one attached hydrogen (secondary N) is 3. The number of carbonyl (C=O) groups is 5. The molecule has 0 radical (unpaired) electrons. The standard InChI is InChI=1S/C29H44N6O10/c1-22(36)3-6-32-28(39)24-19-25(29(40)33-7-4-23(2)37)21-26(20-24)45-12-8-31-27(38)5-10-41-13-15-43-17-18-44-16-14-42-11-9-34-35-30/h19-21H,3-18H2,1-2H3,(H,31,38)(H,32,39)(H,33,40). The van der Waals surface area contributed by atoms with Crippen LogP contribution in [0.5, 0.6) is 5.75 Å². The van der Waals surface area contributed by atoms with Gasteiger partial charge in [0.15, 0.2) is 0 Å². The summed E-state index contributed by atoms with van der Waals surface area (Å²) in [6.07, 6.45) is 0.494. The lowest BCUT2D eigenvalue weighted by Gasteiger charge is -2.12. The fraction of sp³-hybridized carbons (Fsp3) is 0.621. The quantitative estimate of drug-likeness (QED) is 0.0545. The first kappa shape index (κ1) is 38.9. The summed E-state index contributed by atoms with van der Waals surface area (Å²) in [6, 6.07) is 4.32. The number of hydrogen-bond acceptors (Lipinski definition) is 11. The van der Waals surface area contributed by atoms with E-state index in [2.05, 4.69) is 26.0 Å². The highest BCUT2D eigenvalue weighted by atomic mass is 16.6. The van der Waals surface area contributed by atoms with Crippen LogP contribution in [0.25, 0.3) is 10.4 Å². The highest BCUT2D eigenvalue weighted by Crippen LogP contribution is 2.18.